The normalized spacial score (nSPS) is 19.5. The first kappa shape index (κ1) is 26.6. The summed E-state index contributed by atoms with van der Waals surface area (Å²) in [5, 5.41) is 3.33. The number of halogens is 5. The SMILES string of the molecule is COc1cccc(-c2sc(C)nc2C(=O)N2CC(F)(F)C[C@@H](C)C2CNc2ncc(C(F)(F)F)cn2)n1. The molecule has 198 valence electrons. The summed E-state index contributed by atoms with van der Waals surface area (Å²) in [6.07, 6.45) is -3.80. The number of methoxy groups -OCH3 is 1. The molecule has 1 saturated heterocycles. The molecule has 8 nitrogen and oxygen atoms in total. The molecule has 0 aromatic carbocycles. The van der Waals surface area contributed by atoms with Crippen molar-refractivity contribution in [2.24, 2.45) is 5.92 Å². The highest BCUT2D eigenvalue weighted by Gasteiger charge is 2.47. The van der Waals surface area contributed by atoms with E-state index >= 15 is 0 Å². The minimum absolute atomic E-state index is 0.0102. The van der Waals surface area contributed by atoms with E-state index in [4.69, 9.17) is 4.74 Å². The van der Waals surface area contributed by atoms with Crippen LogP contribution in [0.3, 0.4) is 0 Å². The van der Waals surface area contributed by atoms with Crippen molar-refractivity contribution in [3.63, 3.8) is 0 Å². The quantitative estimate of drug-likeness (QED) is 0.442. The second-order valence-corrected chi connectivity index (χ2v) is 9.89. The molecule has 4 rings (SSSR count). The molecule has 1 aliphatic heterocycles. The summed E-state index contributed by atoms with van der Waals surface area (Å²) >= 11 is 1.20. The molecule has 2 atom stereocenters. The van der Waals surface area contributed by atoms with Crippen LogP contribution in [-0.4, -0.2) is 62.9 Å². The van der Waals surface area contributed by atoms with Crippen LogP contribution in [0.4, 0.5) is 27.9 Å². The molecule has 1 fully saturated rings. The number of likely N-dealkylation sites (tertiary alicyclic amines) is 1. The van der Waals surface area contributed by atoms with E-state index in [0.717, 1.165) is 4.90 Å². The van der Waals surface area contributed by atoms with Crippen molar-refractivity contribution in [1.82, 2.24) is 24.8 Å². The van der Waals surface area contributed by atoms with E-state index in [1.54, 1.807) is 32.0 Å². The van der Waals surface area contributed by atoms with Gasteiger partial charge in [-0.3, -0.25) is 4.79 Å². The number of hydrogen-bond donors (Lipinski definition) is 1. The van der Waals surface area contributed by atoms with Crippen LogP contribution in [0.25, 0.3) is 10.6 Å². The van der Waals surface area contributed by atoms with Crippen molar-refractivity contribution in [2.75, 3.05) is 25.5 Å². The van der Waals surface area contributed by atoms with Crippen LogP contribution in [0.1, 0.15) is 34.4 Å². The fraction of sp³-hybridized carbons (Fsp3) is 0.435. The number of thiazole rings is 1. The zero-order chi connectivity index (χ0) is 27.0. The number of aromatic nitrogens is 4. The molecule has 1 unspecified atom stereocenters. The van der Waals surface area contributed by atoms with Crippen molar-refractivity contribution >= 4 is 23.2 Å². The molecule has 37 heavy (non-hydrogen) atoms. The Morgan fingerprint density at radius 2 is 1.95 bits per heavy atom. The Balaban J connectivity index is 1.62. The number of ether oxygens (including phenoxy) is 1. The highest BCUT2D eigenvalue weighted by molar-refractivity contribution is 7.15. The topological polar surface area (TPSA) is 93.1 Å². The van der Waals surface area contributed by atoms with Gasteiger partial charge in [0.25, 0.3) is 11.8 Å². The molecule has 3 aromatic rings. The number of hydrogen-bond acceptors (Lipinski definition) is 8. The minimum atomic E-state index is -4.59. The lowest BCUT2D eigenvalue weighted by molar-refractivity contribution is -0.138. The zero-order valence-electron chi connectivity index (χ0n) is 20.0. The molecule has 1 amide bonds. The molecule has 1 aliphatic rings. The van der Waals surface area contributed by atoms with Gasteiger partial charge in [0.15, 0.2) is 0 Å². The average Bonchev–Trinajstić information content (AvgIpc) is 3.23. The Morgan fingerprint density at radius 1 is 1.24 bits per heavy atom. The summed E-state index contributed by atoms with van der Waals surface area (Å²) in [7, 11) is 1.45. The van der Waals surface area contributed by atoms with Gasteiger partial charge < -0.3 is 15.0 Å². The highest BCUT2D eigenvalue weighted by Crippen LogP contribution is 2.37. The van der Waals surface area contributed by atoms with E-state index < -0.39 is 48.5 Å². The number of carbonyl (C=O) groups excluding carboxylic acids is 1. The first-order chi connectivity index (χ1) is 17.4. The second kappa shape index (κ2) is 10.1. The maximum atomic E-state index is 14.6. The first-order valence-electron chi connectivity index (χ1n) is 11.2. The summed E-state index contributed by atoms with van der Waals surface area (Å²) in [6, 6.07) is 4.27. The number of carbonyl (C=O) groups is 1. The van der Waals surface area contributed by atoms with Gasteiger partial charge in [-0.1, -0.05) is 13.0 Å². The lowest BCUT2D eigenvalue weighted by Crippen LogP contribution is -2.57. The van der Waals surface area contributed by atoms with Gasteiger partial charge in [-0.15, -0.1) is 11.3 Å². The van der Waals surface area contributed by atoms with Crippen molar-refractivity contribution in [3.05, 3.63) is 46.9 Å². The lowest BCUT2D eigenvalue weighted by atomic mass is 9.88. The minimum Gasteiger partial charge on any atom is -0.481 e. The van der Waals surface area contributed by atoms with E-state index in [0.29, 0.717) is 33.9 Å². The number of piperidine rings is 1. The maximum Gasteiger partial charge on any atom is 0.419 e. The lowest BCUT2D eigenvalue weighted by Gasteiger charge is -2.43. The largest absolute Gasteiger partial charge is 0.481 e. The van der Waals surface area contributed by atoms with Gasteiger partial charge in [0.2, 0.25) is 11.8 Å². The third-order valence-electron chi connectivity index (χ3n) is 5.89. The monoisotopic (exact) mass is 542 g/mol. The number of rotatable bonds is 6. The molecule has 0 saturated carbocycles. The second-order valence-electron chi connectivity index (χ2n) is 8.69. The van der Waals surface area contributed by atoms with E-state index in [2.05, 4.69) is 25.3 Å². The average molecular weight is 543 g/mol. The first-order valence-corrected chi connectivity index (χ1v) is 12.0. The number of pyridine rings is 1. The van der Waals surface area contributed by atoms with Gasteiger partial charge in [0.05, 0.1) is 40.8 Å². The summed E-state index contributed by atoms with van der Waals surface area (Å²) in [5.41, 5.74) is -0.611. The number of aryl methyl sites for hydroxylation is 1. The zero-order valence-corrected chi connectivity index (χ0v) is 20.8. The number of nitrogens with zero attached hydrogens (tertiary/aromatic N) is 5. The van der Waals surface area contributed by atoms with Crippen LogP contribution >= 0.6 is 11.3 Å². The van der Waals surface area contributed by atoms with Crippen molar-refractivity contribution in [2.45, 2.75) is 38.4 Å². The fourth-order valence-electron chi connectivity index (χ4n) is 4.18. The van der Waals surface area contributed by atoms with Crippen LogP contribution in [0.5, 0.6) is 5.88 Å². The number of nitrogens with one attached hydrogen (secondary N) is 1. The van der Waals surface area contributed by atoms with Gasteiger partial charge in [0.1, 0.15) is 5.69 Å². The van der Waals surface area contributed by atoms with E-state index in [9.17, 15) is 26.7 Å². The van der Waals surface area contributed by atoms with Crippen molar-refractivity contribution < 1.29 is 31.5 Å². The Hall–Kier alpha value is -3.42. The van der Waals surface area contributed by atoms with Gasteiger partial charge in [-0.2, -0.15) is 13.2 Å². The molecular formula is C23H23F5N6O2S. The van der Waals surface area contributed by atoms with Gasteiger partial charge >= 0.3 is 6.18 Å². The van der Waals surface area contributed by atoms with Crippen LogP contribution in [-0.2, 0) is 6.18 Å². The standard InChI is InChI=1S/C23H23F5N6O2S/c1-12-7-22(24,25)11-34(16(12)10-31-21-29-8-14(9-30-21)23(26,27)28)20(35)18-19(37-13(2)32-18)15-5-4-6-17(33-15)36-3/h4-6,8-9,12,16H,7,10-11H2,1-3H3,(H,29,30,31)/t12-,16?/m1/s1. The predicted octanol–water partition coefficient (Wildman–Crippen LogP) is 4.93. The van der Waals surface area contributed by atoms with Gasteiger partial charge in [0, 0.05) is 31.4 Å². The fourth-order valence-corrected chi connectivity index (χ4v) is 5.06. The molecule has 1 N–H and O–H groups in total. The summed E-state index contributed by atoms with van der Waals surface area (Å²) < 4.78 is 72.7. The van der Waals surface area contributed by atoms with Crippen molar-refractivity contribution in [3.8, 4) is 16.5 Å². The molecule has 0 aliphatic carbocycles. The Bertz CT molecular complexity index is 1270. The van der Waals surface area contributed by atoms with E-state index in [-0.39, 0.29) is 18.2 Å². The Kier molecular flexibility index (Phi) is 7.31. The van der Waals surface area contributed by atoms with E-state index in [1.807, 2.05) is 0 Å². The predicted molar refractivity (Wildman–Crippen MR) is 126 cm³/mol. The number of alkyl halides is 5. The molecule has 0 radical (unpaired) electrons. The summed E-state index contributed by atoms with van der Waals surface area (Å²) in [6.45, 7) is 2.39. The summed E-state index contributed by atoms with van der Waals surface area (Å²) in [4.78, 5) is 31.1. The molecule has 0 spiro atoms. The third-order valence-corrected chi connectivity index (χ3v) is 6.88. The summed E-state index contributed by atoms with van der Waals surface area (Å²) in [5.74, 6) is -4.27. The van der Waals surface area contributed by atoms with Crippen LogP contribution in [0, 0.1) is 12.8 Å². The number of amides is 1. The Labute approximate surface area is 212 Å². The molecule has 0 bridgehead atoms. The van der Waals surface area contributed by atoms with E-state index in [1.165, 1.54) is 18.4 Å². The third kappa shape index (κ3) is 5.95. The molecule has 14 heteroatoms. The van der Waals surface area contributed by atoms with Crippen LogP contribution < -0.4 is 10.1 Å². The maximum absolute atomic E-state index is 14.6. The highest BCUT2D eigenvalue weighted by atomic mass is 32.1. The number of anilines is 1. The van der Waals surface area contributed by atoms with Crippen molar-refractivity contribution in [1.29, 1.82) is 0 Å². The molecular weight excluding hydrogens is 519 g/mol. The Morgan fingerprint density at radius 3 is 2.59 bits per heavy atom. The molecule has 3 aromatic heterocycles. The van der Waals surface area contributed by atoms with Gasteiger partial charge in [-0.25, -0.2) is 28.7 Å². The molecule has 4 heterocycles. The smallest absolute Gasteiger partial charge is 0.419 e. The van der Waals surface area contributed by atoms with Gasteiger partial charge in [-0.05, 0) is 18.9 Å². The van der Waals surface area contributed by atoms with Crippen LogP contribution in [0.15, 0.2) is 30.6 Å². The van der Waals surface area contributed by atoms with Crippen LogP contribution in [0.2, 0.25) is 0 Å².